The molecule has 18 heavy (non-hydrogen) atoms. The van der Waals surface area contributed by atoms with Crippen LogP contribution in [0.1, 0.15) is 10.6 Å². The molecular formula is C15H15N2S+. The van der Waals surface area contributed by atoms with Gasteiger partial charge in [-0.05, 0) is 25.5 Å². The van der Waals surface area contributed by atoms with Crippen LogP contribution < -0.4 is 4.57 Å². The summed E-state index contributed by atoms with van der Waals surface area (Å²) in [5.74, 6) is 0. The van der Waals surface area contributed by atoms with Crippen LogP contribution in [0.4, 0.5) is 0 Å². The molecule has 0 radical (unpaired) electrons. The van der Waals surface area contributed by atoms with E-state index in [1.165, 1.54) is 21.5 Å². The lowest BCUT2D eigenvalue weighted by Gasteiger charge is -2.04. The molecule has 2 nitrogen and oxygen atoms in total. The Morgan fingerprint density at radius 3 is 2.67 bits per heavy atom. The van der Waals surface area contributed by atoms with Crippen LogP contribution in [0.5, 0.6) is 0 Å². The van der Waals surface area contributed by atoms with E-state index >= 15 is 0 Å². The third-order valence-corrected chi connectivity index (χ3v) is 4.18. The van der Waals surface area contributed by atoms with Gasteiger partial charge in [-0.2, -0.15) is 4.57 Å². The standard InChI is InChI=1S/C15H15N2S/c1-10-6-4-5-7-12(10)14-15-13(8-9-17(14)3)16-11(2)18-15/h4-9H,1-3H3/q+1. The van der Waals surface area contributed by atoms with Crippen LogP contribution in [0, 0.1) is 13.8 Å². The Balaban J connectivity index is 2.41. The van der Waals surface area contributed by atoms with E-state index in [9.17, 15) is 0 Å². The summed E-state index contributed by atoms with van der Waals surface area (Å²) in [5.41, 5.74) is 4.94. The zero-order chi connectivity index (χ0) is 12.7. The monoisotopic (exact) mass is 255 g/mol. The molecule has 0 fully saturated rings. The van der Waals surface area contributed by atoms with Crippen LogP contribution >= 0.6 is 11.3 Å². The summed E-state index contributed by atoms with van der Waals surface area (Å²) in [6, 6.07) is 10.6. The number of hydrogen-bond acceptors (Lipinski definition) is 2. The Bertz CT molecular complexity index is 728. The molecule has 90 valence electrons. The zero-order valence-electron chi connectivity index (χ0n) is 10.8. The number of fused-ring (bicyclic) bond motifs is 1. The molecule has 0 aliphatic carbocycles. The fourth-order valence-electron chi connectivity index (χ4n) is 2.29. The maximum Gasteiger partial charge on any atom is 0.232 e. The van der Waals surface area contributed by atoms with Crippen molar-refractivity contribution >= 4 is 21.6 Å². The molecule has 3 rings (SSSR count). The predicted molar refractivity (Wildman–Crippen MR) is 75.7 cm³/mol. The molecule has 0 spiro atoms. The van der Waals surface area contributed by atoms with E-state index in [-0.39, 0.29) is 0 Å². The molecule has 0 saturated heterocycles. The van der Waals surface area contributed by atoms with Crippen molar-refractivity contribution in [2.75, 3.05) is 0 Å². The van der Waals surface area contributed by atoms with Gasteiger partial charge in [-0.25, -0.2) is 4.98 Å². The molecule has 0 aliphatic rings. The number of rotatable bonds is 1. The first-order valence-electron chi connectivity index (χ1n) is 5.98. The number of benzene rings is 1. The normalized spacial score (nSPS) is 11.1. The van der Waals surface area contributed by atoms with Crippen molar-refractivity contribution in [2.24, 2.45) is 7.05 Å². The summed E-state index contributed by atoms with van der Waals surface area (Å²) in [4.78, 5) is 4.58. The van der Waals surface area contributed by atoms with Gasteiger partial charge in [-0.1, -0.05) is 18.2 Å². The molecule has 0 atom stereocenters. The predicted octanol–water partition coefficient (Wildman–Crippen LogP) is 3.40. The average molecular weight is 255 g/mol. The summed E-state index contributed by atoms with van der Waals surface area (Å²) in [6.07, 6.45) is 2.09. The van der Waals surface area contributed by atoms with Gasteiger partial charge in [0, 0.05) is 6.07 Å². The number of aryl methyl sites for hydroxylation is 3. The summed E-state index contributed by atoms with van der Waals surface area (Å²) >= 11 is 1.76. The highest BCUT2D eigenvalue weighted by Gasteiger charge is 2.18. The summed E-state index contributed by atoms with van der Waals surface area (Å²) in [6.45, 7) is 4.22. The third kappa shape index (κ3) is 1.71. The Morgan fingerprint density at radius 1 is 1.11 bits per heavy atom. The van der Waals surface area contributed by atoms with Crippen LogP contribution in [0.3, 0.4) is 0 Å². The summed E-state index contributed by atoms with van der Waals surface area (Å²) < 4.78 is 3.45. The van der Waals surface area contributed by atoms with Gasteiger partial charge >= 0.3 is 0 Å². The highest BCUT2D eigenvalue weighted by atomic mass is 32.1. The SMILES string of the molecule is Cc1nc2cc[n+](C)c(-c3ccccc3C)c2s1. The molecule has 0 aliphatic heterocycles. The lowest BCUT2D eigenvalue weighted by Crippen LogP contribution is -2.30. The van der Waals surface area contributed by atoms with Crippen molar-refractivity contribution in [1.29, 1.82) is 0 Å². The number of hydrogen-bond donors (Lipinski definition) is 0. The second kappa shape index (κ2) is 4.18. The van der Waals surface area contributed by atoms with Crippen LogP contribution in [0.2, 0.25) is 0 Å². The van der Waals surface area contributed by atoms with Crippen LogP contribution in [0.25, 0.3) is 21.5 Å². The molecule has 0 unspecified atom stereocenters. The summed E-state index contributed by atoms with van der Waals surface area (Å²) in [5, 5.41) is 1.12. The molecule has 1 aromatic carbocycles. The van der Waals surface area contributed by atoms with Gasteiger partial charge in [-0.15, -0.1) is 11.3 Å². The Labute approximate surface area is 111 Å². The molecule has 0 saturated carbocycles. The lowest BCUT2D eigenvalue weighted by molar-refractivity contribution is -0.659. The quantitative estimate of drug-likeness (QED) is 0.609. The number of pyridine rings is 1. The first-order valence-corrected chi connectivity index (χ1v) is 6.80. The van der Waals surface area contributed by atoms with E-state index in [2.05, 4.69) is 67.0 Å². The molecule has 2 aromatic heterocycles. The van der Waals surface area contributed by atoms with Gasteiger partial charge < -0.3 is 0 Å². The molecule has 0 amide bonds. The molecule has 2 heterocycles. The van der Waals surface area contributed by atoms with Crippen LogP contribution in [-0.4, -0.2) is 4.98 Å². The minimum Gasteiger partial charge on any atom is -0.241 e. The van der Waals surface area contributed by atoms with Crippen LogP contribution in [-0.2, 0) is 7.05 Å². The van der Waals surface area contributed by atoms with Gasteiger partial charge in [0.25, 0.3) is 0 Å². The van der Waals surface area contributed by atoms with Gasteiger partial charge in [0.05, 0.1) is 16.1 Å². The highest BCUT2D eigenvalue weighted by Crippen LogP contribution is 2.31. The molecule has 0 bridgehead atoms. The molecule has 0 N–H and O–H groups in total. The topological polar surface area (TPSA) is 16.8 Å². The van der Waals surface area contributed by atoms with Crippen molar-refractivity contribution in [3.63, 3.8) is 0 Å². The van der Waals surface area contributed by atoms with Gasteiger partial charge in [0.15, 0.2) is 6.20 Å². The van der Waals surface area contributed by atoms with Crippen molar-refractivity contribution in [2.45, 2.75) is 13.8 Å². The minimum atomic E-state index is 1.09. The Kier molecular flexibility index (Phi) is 2.63. The smallest absolute Gasteiger partial charge is 0.232 e. The van der Waals surface area contributed by atoms with Crippen molar-refractivity contribution < 1.29 is 4.57 Å². The number of nitrogens with zero attached hydrogens (tertiary/aromatic N) is 2. The van der Waals surface area contributed by atoms with E-state index in [1.807, 2.05) is 0 Å². The Morgan fingerprint density at radius 2 is 1.89 bits per heavy atom. The fraction of sp³-hybridized carbons (Fsp3) is 0.200. The third-order valence-electron chi connectivity index (χ3n) is 3.18. The first-order chi connectivity index (χ1) is 8.66. The van der Waals surface area contributed by atoms with E-state index in [0.717, 1.165) is 10.5 Å². The van der Waals surface area contributed by atoms with E-state index in [4.69, 9.17) is 0 Å². The summed E-state index contributed by atoms with van der Waals surface area (Å²) in [7, 11) is 2.09. The lowest BCUT2D eigenvalue weighted by atomic mass is 10.0. The molecule has 3 heteroatoms. The minimum absolute atomic E-state index is 1.09. The first kappa shape index (κ1) is 11.4. The number of thiazole rings is 1. The van der Waals surface area contributed by atoms with Crippen molar-refractivity contribution in [1.82, 2.24) is 4.98 Å². The maximum absolute atomic E-state index is 4.58. The van der Waals surface area contributed by atoms with Gasteiger partial charge in [-0.3, -0.25) is 0 Å². The highest BCUT2D eigenvalue weighted by molar-refractivity contribution is 7.19. The van der Waals surface area contributed by atoms with E-state index in [1.54, 1.807) is 11.3 Å². The fourth-order valence-corrected chi connectivity index (χ4v) is 3.30. The second-order valence-corrected chi connectivity index (χ2v) is 5.74. The van der Waals surface area contributed by atoms with Gasteiger partial charge in [0.1, 0.15) is 11.7 Å². The average Bonchev–Trinajstić information content (AvgIpc) is 2.71. The maximum atomic E-state index is 4.58. The molecular weight excluding hydrogens is 240 g/mol. The van der Waals surface area contributed by atoms with E-state index < -0.39 is 0 Å². The van der Waals surface area contributed by atoms with E-state index in [0.29, 0.717) is 0 Å². The zero-order valence-corrected chi connectivity index (χ0v) is 11.6. The second-order valence-electron chi connectivity index (χ2n) is 4.54. The van der Waals surface area contributed by atoms with Gasteiger partial charge in [0.2, 0.25) is 5.69 Å². The largest absolute Gasteiger partial charge is 0.241 e. The van der Waals surface area contributed by atoms with Crippen molar-refractivity contribution in [3.05, 3.63) is 47.1 Å². The Hall–Kier alpha value is -1.74. The van der Waals surface area contributed by atoms with Crippen molar-refractivity contribution in [3.8, 4) is 11.3 Å². The molecule has 3 aromatic rings. The van der Waals surface area contributed by atoms with Crippen LogP contribution in [0.15, 0.2) is 36.5 Å². The number of aromatic nitrogens is 2.